The molecule has 7 nitrogen and oxygen atoms in total. The molecule has 2 fully saturated rings. The fourth-order valence-corrected chi connectivity index (χ4v) is 6.39. The number of benzene rings is 2. The fourth-order valence-electron chi connectivity index (χ4n) is 4.56. The molecule has 0 spiro atoms. The first kappa shape index (κ1) is 22.5. The third-order valence-corrected chi connectivity index (χ3v) is 8.11. The Morgan fingerprint density at radius 3 is 2.44 bits per heavy atom. The number of amides is 1. The standard InChI is InChI=1S/C23H28FN3O4S/c1-16-3-6-22(17(2)13-16)25-8-10-26(11-9-25)23(29)20-5-4-18(14-21(20)24)27-19(15-28)7-12-32(27,30)31/h3-6,13-14,19,28H,7-12,15H2,1-2H3/t19-/m0/s1. The number of anilines is 2. The van der Waals surface area contributed by atoms with Crippen molar-refractivity contribution in [2.24, 2.45) is 0 Å². The molecular formula is C23H28FN3O4S. The lowest BCUT2D eigenvalue weighted by Gasteiger charge is -2.37. The number of rotatable bonds is 4. The van der Waals surface area contributed by atoms with Crippen LogP contribution in [0.5, 0.6) is 0 Å². The Bertz CT molecular complexity index is 1130. The lowest BCUT2D eigenvalue weighted by Crippen LogP contribution is -2.49. The van der Waals surface area contributed by atoms with E-state index in [1.54, 1.807) is 4.90 Å². The van der Waals surface area contributed by atoms with Crippen LogP contribution in [0.4, 0.5) is 15.8 Å². The first-order valence-electron chi connectivity index (χ1n) is 10.8. The Labute approximate surface area is 188 Å². The molecule has 0 bridgehead atoms. The van der Waals surface area contributed by atoms with Crippen LogP contribution in [0, 0.1) is 19.7 Å². The summed E-state index contributed by atoms with van der Waals surface area (Å²) in [5, 5.41) is 9.48. The molecule has 0 radical (unpaired) electrons. The van der Waals surface area contributed by atoms with Crippen molar-refractivity contribution in [3.8, 4) is 0 Å². The summed E-state index contributed by atoms with van der Waals surface area (Å²) in [6.07, 6.45) is 0.284. The van der Waals surface area contributed by atoms with Gasteiger partial charge in [-0.3, -0.25) is 9.10 Å². The molecule has 0 saturated carbocycles. The number of hydrogen-bond donors (Lipinski definition) is 1. The summed E-state index contributed by atoms with van der Waals surface area (Å²) >= 11 is 0. The summed E-state index contributed by atoms with van der Waals surface area (Å²) in [5.41, 5.74) is 3.58. The van der Waals surface area contributed by atoms with Crippen LogP contribution in [0.1, 0.15) is 27.9 Å². The van der Waals surface area contributed by atoms with Crippen LogP contribution >= 0.6 is 0 Å². The Morgan fingerprint density at radius 2 is 1.81 bits per heavy atom. The summed E-state index contributed by atoms with van der Waals surface area (Å²) in [6.45, 7) is 6.03. The second kappa shape index (κ2) is 8.71. The minimum Gasteiger partial charge on any atom is -0.394 e. The van der Waals surface area contributed by atoms with Crippen LogP contribution in [0.2, 0.25) is 0 Å². The molecule has 1 N–H and O–H groups in total. The first-order chi connectivity index (χ1) is 15.2. The van der Waals surface area contributed by atoms with Gasteiger partial charge < -0.3 is 14.9 Å². The molecule has 2 aliphatic rings. The van der Waals surface area contributed by atoms with E-state index in [-0.39, 0.29) is 30.0 Å². The van der Waals surface area contributed by atoms with Gasteiger partial charge in [0.2, 0.25) is 10.0 Å². The maximum atomic E-state index is 14.9. The van der Waals surface area contributed by atoms with Gasteiger partial charge in [0.05, 0.1) is 29.7 Å². The van der Waals surface area contributed by atoms with E-state index in [2.05, 4.69) is 36.9 Å². The lowest BCUT2D eigenvalue weighted by molar-refractivity contribution is 0.0742. The maximum absolute atomic E-state index is 14.9. The van der Waals surface area contributed by atoms with Crippen LogP contribution in [-0.4, -0.2) is 68.9 Å². The number of aliphatic hydroxyl groups is 1. The fraction of sp³-hybridized carbons (Fsp3) is 0.435. The van der Waals surface area contributed by atoms with E-state index in [9.17, 15) is 22.7 Å². The van der Waals surface area contributed by atoms with Gasteiger partial charge in [-0.1, -0.05) is 17.7 Å². The van der Waals surface area contributed by atoms with Crippen molar-refractivity contribution in [3.05, 3.63) is 58.9 Å². The van der Waals surface area contributed by atoms with Gasteiger partial charge in [-0.2, -0.15) is 0 Å². The Balaban J connectivity index is 1.47. The Kier molecular flexibility index (Phi) is 6.13. The number of carbonyl (C=O) groups is 1. The number of halogens is 1. The average molecular weight is 462 g/mol. The highest BCUT2D eigenvalue weighted by Crippen LogP contribution is 2.30. The van der Waals surface area contributed by atoms with Crippen molar-refractivity contribution in [1.29, 1.82) is 0 Å². The smallest absolute Gasteiger partial charge is 0.256 e. The number of nitrogens with zero attached hydrogens (tertiary/aromatic N) is 3. The molecule has 4 rings (SSSR count). The molecule has 2 aromatic rings. The topological polar surface area (TPSA) is 81.2 Å². The van der Waals surface area contributed by atoms with Crippen LogP contribution in [-0.2, 0) is 10.0 Å². The monoisotopic (exact) mass is 461 g/mol. The molecular weight excluding hydrogens is 433 g/mol. The summed E-state index contributed by atoms with van der Waals surface area (Å²) in [5.74, 6) is -1.26. The number of sulfonamides is 1. The predicted molar refractivity (Wildman–Crippen MR) is 122 cm³/mol. The molecule has 0 aromatic heterocycles. The first-order valence-corrected chi connectivity index (χ1v) is 12.4. The van der Waals surface area contributed by atoms with Crippen molar-refractivity contribution in [1.82, 2.24) is 4.90 Å². The molecule has 1 atom stereocenters. The Morgan fingerprint density at radius 1 is 1.09 bits per heavy atom. The van der Waals surface area contributed by atoms with E-state index in [1.807, 2.05) is 0 Å². The van der Waals surface area contributed by atoms with Crippen LogP contribution < -0.4 is 9.21 Å². The van der Waals surface area contributed by atoms with Gasteiger partial charge in [-0.25, -0.2) is 12.8 Å². The molecule has 2 aliphatic heterocycles. The second-order valence-electron chi connectivity index (χ2n) is 8.47. The van der Waals surface area contributed by atoms with E-state index in [1.165, 1.54) is 23.3 Å². The molecule has 2 saturated heterocycles. The van der Waals surface area contributed by atoms with Crippen LogP contribution in [0.25, 0.3) is 0 Å². The summed E-state index contributed by atoms with van der Waals surface area (Å²) in [4.78, 5) is 16.8. The van der Waals surface area contributed by atoms with E-state index in [4.69, 9.17) is 0 Å². The van der Waals surface area contributed by atoms with Gasteiger partial charge in [0.1, 0.15) is 5.82 Å². The quantitative estimate of drug-likeness (QED) is 0.756. The summed E-state index contributed by atoms with van der Waals surface area (Å²) < 4.78 is 40.6. The number of carbonyl (C=O) groups excluding carboxylic acids is 1. The van der Waals surface area contributed by atoms with Crippen molar-refractivity contribution in [3.63, 3.8) is 0 Å². The van der Waals surface area contributed by atoms with Crippen molar-refractivity contribution < 1.29 is 22.7 Å². The molecule has 1 amide bonds. The average Bonchev–Trinajstić information content (AvgIpc) is 3.07. The van der Waals surface area contributed by atoms with Crippen molar-refractivity contribution in [2.45, 2.75) is 26.3 Å². The summed E-state index contributed by atoms with van der Waals surface area (Å²) in [6, 6.07) is 9.53. The Hall–Kier alpha value is -2.65. The molecule has 9 heteroatoms. The van der Waals surface area contributed by atoms with Gasteiger partial charge in [-0.05, 0) is 50.1 Å². The van der Waals surface area contributed by atoms with Gasteiger partial charge in [0, 0.05) is 31.9 Å². The van der Waals surface area contributed by atoms with Gasteiger partial charge in [0.25, 0.3) is 5.91 Å². The number of piperazine rings is 1. The summed E-state index contributed by atoms with van der Waals surface area (Å²) in [7, 11) is -3.60. The highest BCUT2D eigenvalue weighted by atomic mass is 32.2. The second-order valence-corrected chi connectivity index (χ2v) is 10.4. The zero-order chi connectivity index (χ0) is 23.0. The van der Waals surface area contributed by atoms with E-state index < -0.39 is 27.8 Å². The SMILES string of the molecule is Cc1ccc(N2CCN(C(=O)c3ccc(N4[C@H](CO)CCS4(=O)=O)cc3F)CC2)c(C)c1. The van der Waals surface area contributed by atoms with E-state index in [0.717, 1.165) is 16.1 Å². The molecule has 0 aliphatic carbocycles. The van der Waals surface area contributed by atoms with E-state index >= 15 is 0 Å². The zero-order valence-electron chi connectivity index (χ0n) is 18.3. The maximum Gasteiger partial charge on any atom is 0.256 e. The zero-order valence-corrected chi connectivity index (χ0v) is 19.1. The van der Waals surface area contributed by atoms with Crippen molar-refractivity contribution in [2.75, 3.05) is 47.7 Å². The number of aliphatic hydroxyl groups excluding tert-OH is 1. The molecule has 2 heterocycles. The molecule has 32 heavy (non-hydrogen) atoms. The van der Waals surface area contributed by atoms with E-state index in [0.29, 0.717) is 26.2 Å². The minimum absolute atomic E-state index is 0.0779. The van der Waals surface area contributed by atoms with Gasteiger partial charge in [-0.15, -0.1) is 0 Å². The predicted octanol–water partition coefficient (Wildman–Crippen LogP) is 2.31. The van der Waals surface area contributed by atoms with Crippen LogP contribution in [0.15, 0.2) is 36.4 Å². The minimum atomic E-state index is -3.60. The van der Waals surface area contributed by atoms with Crippen LogP contribution in [0.3, 0.4) is 0 Å². The van der Waals surface area contributed by atoms with Gasteiger partial charge >= 0.3 is 0 Å². The third kappa shape index (κ3) is 4.19. The molecule has 0 unspecified atom stereocenters. The number of aryl methyl sites for hydroxylation is 2. The van der Waals surface area contributed by atoms with Crippen molar-refractivity contribution >= 4 is 27.3 Å². The molecule has 2 aromatic carbocycles. The normalized spacial score (nSPS) is 20.6. The molecule has 172 valence electrons. The largest absolute Gasteiger partial charge is 0.394 e. The highest BCUT2D eigenvalue weighted by molar-refractivity contribution is 7.93. The third-order valence-electron chi connectivity index (χ3n) is 6.25. The van der Waals surface area contributed by atoms with Gasteiger partial charge in [0.15, 0.2) is 0 Å². The number of hydrogen-bond acceptors (Lipinski definition) is 5. The highest BCUT2D eigenvalue weighted by Gasteiger charge is 2.37. The lowest BCUT2D eigenvalue weighted by atomic mass is 10.1.